The maximum absolute atomic E-state index is 13.2. The highest BCUT2D eigenvalue weighted by molar-refractivity contribution is 5.88. The number of fused-ring (bicyclic) bond motifs is 1. The van der Waals surface area contributed by atoms with Crippen LogP contribution in [0, 0.1) is 0 Å². The van der Waals surface area contributed by atoms with E-state index in [2.05, 4.69) is 0 Å². The Bertz CT molecular complexity index is 1450. The molecule has 2 aliphatic rings. The van der Waals surface area contributed by atoms with E-state index in [1.165, 1.54) is 24.3 Å². The first kappa shape index (κ1) is 29.2. The molecule has 10 N–H and O–H groups in total. The van der Waals surface area contributed by atoms with Crippen LogP contribution in [0.25, 0.3) is 22.3 Å². The van der Waals surface area contributed by atoms with Crippen molar-refractivity contribution in [3.63, 3.8) is 0 Å². The first-order valence-electron chi connectivity index (χ1n) is 12.4. The predicted octanol–water partition coefficient (Wildman–Crippen LogP) is -2.48. The zero-order valence-corrected chi connectivity index (χ0v) is 21.0. The van der Waals surface area contributed by atoms with E-state index in [0.717, 1.165) is 12.1 Å². The number of hydrogen-bond acceptors (Lipinski definition) is 15. The molecule has 15 nitrogen and oxygen atoms in total. The topological polar surface area (TPSA) is 260 Å². The number of aliphatic hydroxyl groups is 8. The fourth-order valence-electron chi connectivity index (χ4n) is 4.82. The lowest BCUT2D eigenvalue weighted by molar-refractivity contribution is -0.287. The number of benzene rings is 2. The van der Waals surface area contributed by atoms with Crippen molar-refractivity contribution in [2.75, 3.05) is 6.61 Å². The number of aliphatic hydroxyl groups excluding tert-OH is 8. The van der Waals surface area contributed by atoms with Gasteiger partial charge in [-0.1, -0.05) is 0 Å². The molecule has 0 amide bonds. The summed E-state index contributed by atoms with van der Waals surface area (Å²) in [5, 5.41) is 102. The van der Waals surface area contributed by atoms with Crippen LogP contribution >= 0.6 is 0 Å². The van der Waals surface area contributed by atoms with E-state index in [9.17, 15) is 55.9 Å². The maximum atomic E-state index is 13.2. The second-order valence-corrected chi connectivity index (χ2v) is 9.77. The molecule has 10 atom stereocenters. The van der Waals surface area contributed by atoms with Crippen LogP contribution in [0.3, 0.4) is 0 Å². The Kier molecular flexibility index (Phi) is 7.92. The van der Waals surface area contributed by atoms with Crippen LogP contribution in [-0.2, 0) is 9.47 Å². The maximum Gasteiger partial charge on any atom is 0.229 e. The number of aromatic hydroxyl groups is 2. The molecule has 2 saturated heterocycles. The standard InChI is InChI=1S/C26H28O15/c27-7-14-17(30)19(32)23(36)26(40-14)39-13-6-12-15(10(29)5-11(38-12)8-1-3-9(28)4-2-8)18(31)16(13)24-21(34)20(33)22(35)25(37)41-24/h1-6,14,17,19-28,30-37H,7H2/t14-,17-,19+,20-,21-,22+,23-,24-,25+,26+/m1/s1. The molecule has 2 aromatic carbocycles. The lowest BCUT2D eigenvalue weighted by Gasteiger charge is -2.41. The third kappa shape index (κ3) is 5.13. The normalized spacial score (nSPS) is 34.0. The Morgan fingerprint density at radius 1 is 0.780 bits per heavy atom. The molecule has 0 spiro atoms. The van der Waals surface area contributed by atoms with Gasteiger partial charge in [0.1, 0.15) is 82.8 Å². The molecule has 0 saturated carbocycles. The van der Waals surface area contributed by atoms with Crippen molar-refractivity contribution in [1.29, 1.82) is 0 Å². The number of rotatable bonds is 5. The van der Waals surface area contributed by atoms with Crippen LogP contribution in [0.1, 0.15) is 11.7 Å². The van der Waals surface area contributed by atoms with Crippen molar-refractivity contribution in [1.82, 2.24) is 0 Å². The summed E-state index contributed by atoms with van der Waals surface area (Å²) in [6.45, 7) is -0.785. The van der Waals surface area contributed by atoms with E-state index in [-0.39, 0.29) is 17.1 Å². The van der Waals surface area contributed by atoms with Gasteiger partial charge in [-0.3, -0.25) is 4.79 Å². The third-order valence-electron chi connectivity index (χ3n) is 7.11. The quantitative estimate of drug-likeness (QED) is 0.150. The highest BCUT2D eigenvalue weighted by Gasteiger charge is 2.48. The Balaban J connectivity index is 1.68. The second-order valence-electron chi connectivity index (χ2n) is 9.77. The van der Waals surface area contributed by atoms with Crippen LogP contribution in [0.2, 0.25) is 0 Å². The fourth-order valence-corrected chi connectivity index (χ4v) is 4.82. The molecular formula is C26H28O15. The average Bonchev–Trinajstić information content (AvgIpc) is 2.94. The van der Waals surface area contributed by atoms with Crippen molar-refractivity contribution in [2.45, 2.75) is 61.4 Å². The summed E-state index contributed by atoms with van der Waals surface area (Å²) in [6, 6.07) is 7.71. The fraction of sp³-hybridized carbons (Fsp3) is 0.423. The molecule has 0 unspecified atom stereocenters. The largest absolute Gasteiger partial charge is 0.508 e. The van der Waals surface area contributed by atoms with Crippen molar-refractivity contribution < 1.29 is 69.7 Å². The van der Waals surface area contributed by atoms with Crippen molar-refractivity contribution >= 4 is 11.0 Å². The minimum absolute atomic E-state index is 0.0105. The molecule has 2 fully saturated rings. The molecule has 3 heterocycles. The van der Waals surface area contributed by atoms with Crippen LogP contribution in [0.5, 0.6) is 17.2 Å². The van der Waals surface area contributed by atoms with E-state index in [0.29, 0.717) is 5.56 Å². The minimum Gasteiger partial charge on any atom is -0.508 e. The van der Waals surface area contributed by atoms with Crippen LogP contribution < -0.4 is 10.2 Å². The van der Waals surface area contributed by atoms with Crippen LogP contribution in [-0.4, -0.2) is 113 Å². The second kappa shape index (κ2) is 11.1. The summed E-state index contributed by atoms with van der Waals surface area (Å²) in [4.78, 5) is 13.2. The number of phenolic OH excluding ortho intramolecular Hbond substituents is 2. The monoisotopic (exact) mass is 580 g/mol. The van der Waals surface area contributed by atoms with Gasteiger partial charge in [-0.25, -0.2) is 0 Å². The smallest absolute Gasteiger partial charge is 0.229 e. The molecule has 0 aliphatic carbocycles. The first-order chi connectivity index (χ1) is 19.4. The first-order valence-corrected chi connectivity index (χ1v) is 12.4. The molecule has 0 bridgehead atoms. The molecule has 15 heteroatoms. The molecule has 3 aromatic rings. The van der Waals surface area contributed by atoms with Gasteiger partial charge in [-0.15, -0.1) is 0 Å². The van der Waals surface area contributed by atoms with Gasteiger partial charge in [-0.2, -0.15) is 0 Å². The Labute approximate surface area is 229 Å². The lowest BCUT2D eigenvalue weighted by atomic mass is 9.91. The number of phenols is 2. The highest BCUT2D eigenvalue weighted by Crippen LogP contribution is 2.45. The van der Waals surface area contributed by atoms with Gasteiger partial charge in [0.2, 0.25) is 6.29 Å². The van der Waals surface area contributed by atoms with Gasteiger partial charge >= 0.3 is 0 Å². The molecule has 2 aliphatic heterocycles. The van der Waals surface area contributed by atoms with Crippen molar-refractivity contribution in [3.8, 4) is 28.6 Å². The molecule has 5 rings (SSSR count). The number of ether oxygens (including phenoxy) is 3. The van der Waals surface area contributed by atoms with E-state index in [4.69, 9.17) is 18.6 Å². The SMILES string of the molecule is O=c1cc(-c2ccc(O)cc2)oc2cc(O[C@H]3O[C@H](CO)[C@@H](O)[C@H](O)[C@H]3O)c([C@H]3O[C@H](O)[C@@H](O)[C@H](O)[C@H]3O)c(O)c12. The van der Waals surface area contributed by atoms with Crippen molar-refractivity contribution in [3.05, 3.63) is 52.2 Å². The molecule has 1 aromatic heterocycles. The number of hydrogen-bond donors (Lipinski definition) is 10. The minimum atomic E-state index is -2.05. The third-order valence-corrected chi connectivity index (χ3v) is 7.11. The van der Waals surface area contributed by atoms with Gasteiger partial charge in [0, 0.05) is 17.7 Å². The molecular weight excluding hydrogens is 552 g/mol. The van der Waals surface area contributed by atoms with Gasteiger partial charge < -0.3 is 69.7 Å². The summed E-state index contributed by atoms with van der Waals surface area (Å²) in [5.41, 5.74) is -1.23. The summed E-state index contributed by atoms with van der Waals surface area (Å²) in [7, 11) is 0. The summed E-state index contributed by atoms with van der Waals surface area (Å²) in [5.74, 6) is -1.41. The Morgan fingerprint density at radius 2 is 1.44 bits per heavy atom. The average molecular weight is 580 g/mol. The van der Waals surface area contributed by atoms with E-state index >= 15 is 0 Å². The Morgan fingerprint density at radius 3 is 2.10 bits per heavy atom. The molecule has 0 radical (unpaired) electrons. The van der Waals surface area contributed by atoms with E-state index in [1.54, 1.807) is 0 Å². The van der Waals surface area contributed by atoms with Crippen LogP contribution in [0.15, 0.2) is 45.6 Å². The summed E-state index contributed by atoms with van der Waals surface area (Å²) < 4.78 is 22.1. The molecule has 222 valence electrons. The Hall–Kier alpha value is -3.35. The zero-order valence-electron chi connectivity index (χ0n) is 21.0. The van der Waals surface area contributed by atoms with Gasteiger partial charge in [0.15, 0.2) is 11.7 Å². The van der Waals surface area contributed by atoms with E-state index in [1.807, 2.05) is 0 Å². The highest BCUT2D eigenvalue weighted by atomic mass is 16.7. The predicted molar refractivity (Wildman–Crippen MR) is 133 cm³/mol. The zero-order chi connectivity index (χ0) is 29.7. The summed E-state index contributed by atoms with van der Waals surface area (Å²) >= 11 is 0. The van der Waals surface area contributed by atoms with E-state index < -0.39 is 95.9 Å². The van der Waals surface area contributed by atoms with Gasteiger partial charge in [0.05, 0.1) is 12.2 Å². The van der Waals surface area contributed by atoms with Crippen molar-refractivity contribution in [2.24, 2.45) is 0 Å². The van der Waals surface area contributed by atoms with Crippen LogP contribution in [0.4, 0.5) is 0 Å². The van der Waals surface area contributed by atoms with Gasteiger partial charge in [0.25, 0.3) is 0 Å². The summed E-state index contributed by atoms with van der Waals surface area (Å²) in [6.07, 6.45) is -18.5. The lowest BCUT2D eigenvalue weighted by Crippen LogP contribution is -2.60. The molecule has 41 heavy (non-hydrogen) atoms. The van der Waals surface area contributed by atoms with Gasteiger partial charge in [-0.05, 0) is 24.3 Å².